The molecule has 2 aliphatic heterocycles. The van der Waals surface area contributed by atoms with Crippen LogP contribution < -0.4 is 0 Å². The summed E-state index contributed by atoms with van der Waals surface area (Å²) in [7, 11) is 2.10. The van der Waals surface area contributed by atoms with Gasteiger partial charge < -0.3 is 14.9 Å². The SMILES string of the molecule is CN1C2CCC1CC(N(Cc1ccccc1[N+](=O)[O-])C(=O)O)C2. The highest BCUT2D eigenvalue weighted by Gasteiger charge is 2.41. The molecule has 2 atom stereocenters. The van der Waals surface area contributed by atoms with Gasteiger partial charge >= 0.3 is 6.09 Å². The van der Waals surface area contributed by atoms with Crippen LogP contribution >= 0.6 is 0 Å². The van der Waals surface area contributed by atoms with Crippen molar-refractivity contribution < 1.29 is 14.8 Å². The molecule has 1 aromatic carbocycles. The quantitative estimate of drug-likeness (QED) is 0.681. The van der Waals surface area contributed by atoms with Crippen molar-refractivity contribution in [2.75, 3.05) is 7.05 Å². The van der Waals surface area contributed by atoms with E-state index >= 15 is 0 Å². The van der Waals surface area contributed by atoms with Crippen molar-refractivity contribution >= 4 is 11.8 Å². The van der Waals surface area contributed by atoms with Gasteiger partial charge in [-0.25, -0.2) is 4.79 Å². The van der Waals surface area contributed by atoms with Crippen molar-refractivity contribution in [1.29, 1.82) is 0 Å². The number of nitrogens with zero attached hydrogens (tertiary/aromatic N) is 3. The van der Waals surface area contributed by atoms with Gasteiger partial charge in [0.25, 0.3) is 5.69 Å². The van der Waals surface area contributed by atoms with Gasteiger partial charge in [0.15, 0.2) is 0 Å². The van der Waals surface area contributed by atoms with E-state index in [9.17, 15) is 20.0 Å². The lowest BCUT2D eigenvalue weighted by atomic mass is 9.96. The van der Waals surface area contributed by atoms with Gasteiger partial charge in [0.2, 0.25) is 0 Å². The van der Waals surface area contributed by atoms with Crippen LogP contribution in [-0.2, 0) is 6.54 Å². The lowest BCUT2D eigenvalue weighted by Gasteiger charge is -2.40. The first-order chi connectivity index (χ1) is 11.0. The molecular formula is C16H21N3O4. The molecule has 2 aliphatic rings. The van der Waals surface area contributed by atoms with Crippen LogP contribution in [0, 0.1) is 10.1 Å². The Balaban J connectivity index is 1.81. The minimum absolute atomic E-state index is 0.0188. The summed E-state index contributed by atoms with van der Waals surface area (Å²) in [5.41, 5.74) is 0.431. The molecule has 2 fully saturated rings. The maximum Gasteiger partial charge on any atom is 0.407 e. The smallest absolute Gasteiger partial charge is 0.407 e. The summed E-state index contributed by atoms with van der Waals surface area (Å²) in [5, 5.41) is 20.8. The maximum atomic E-state index is 11.7. The molecule has 1 aromatic rings. The van der Waals surface area contributed by atoms with Gasteiger partial charge in [0.05, 0.1) is 11.5 Å². The second kappa shape index (κ2) is 6.16. The second-order valence-corrected chi connectivity index (χ2v) is 6.47. The first-order valence-corrected chi connectivity index (χ1v) is 7.91. The summed E-state index contributed by atoms with van der Waals surface area (Å²) < 4.78 is 0. The van der Waals surface area contributed by atoms with Crippen LogP contribution in [0.25, 0.3) is 0 Å². The van der Waals surface area contributed by atoms with Gasteiger partial charge in [0, 0.05) is 29.8 Å². The van der Waals surface area contributed by atoms with Crippen molar-refractivity contribution in [2.45, 2.75) is 50.4 Å². The Labute approximate surface area is 134 Å². The molecule has 2 unspecified atom stereocenters. The fraction of sp³-hybridized carbons (Fsp3) is 0.562. The number of carbonyl (C=O) groups is 1. The van der Waals surface area contributed by atoms with Gasteiger partial charge in [0.1, 0.15) is 0 Å². The molecule has 7 heteroatoms. The van der Waals surface area contributed by atoms with Crippen LogP contribution in [-0.4, -0.2) is 51.1 Å². The number of hydrogen-bond donors (Lipinski definition) is 1. The number of hydrogen-bond acceptors (Lipinski definition) is 4. The van der Waals surface area contributed by atoms with Crippen LogP contribution in [0.3, 0.4) is 0 Å². The molecule has 1 N–H and O–H groups in total. The highest BCUT2D eigenvalue weighted by molar-refractivity contribution is 5.66. The van der Waals surface area contributed by atoms with Gasteiger partial charge in [-0.05, 0) is 32.7 Å². The van der Waals surface area contributed by atoms with Crippen LogP contribution in [0.2, 0.25) is 0 Å². The van der Waals surface area contributed by atoms with E-state index in [0.717, 1.165) is 25.7 Å². The summed E-state index contributed by atoms with van der Waals surface area (Å²) in [6, 6.07) is 7.15. The highest BCUT2D eigenvalue weighted by Crippen LogP contribution is 2.37. The van der Waals surface area contributed by atoms with E-state index in [4.69, 9.17) is 0 Å². The summed E-state index contributed by atoms with van der Waals surface area (Å²) in [6.45, 7) is 0.0697. The zero-order chi connectivity index (χ0) is 16.6. The number of para-hydroxylation sites is 1. The van der Waals surface area contributed by atoms with E-state index in [2.05, 4.69) is 11.9 Å². The largest absolute Gasteiger partial charge is 0.465 e. The minimum atomic E-state index is -1.00. The first-order valence-electron chi connectivity index (χ1n) is 7.91. The Bertz CT molecular complexity index is 607. The molecule has 2 bridgehead atoms. The summed E-state index contributed by atoms with van der Waals surface area (Å²) in [4.78, 5) is 26.2. The minimum Gasteiger partial charge on any atom is -0.465 e. The van der Waals surface area contributed by atoms with Gasteiger partial charge in [-0.15, -0.1) is 0 Å². The van der Waals surface area contributed by atoms with Gasteiger partial charge in [-0.1, -0.05) is 18.2 Å². The number of nitro groups is 1. The monoisotopic (exact) mass is 319 g/mol. The maximum absolute atomic E-state index is 11.7. The molecular weight excluding hydrogens is 298 g/mol. The molecule has 124 valence electrons. The summed E-state index contributed by atoms with van der Waals surface area (Å²) in [5.74, 6) is 0. The number of amides is 1. The fourth-order valence-corrected chi connectivity index (χ4v) is 4.00. The molecule has 2 saturated heterocycles. The van der Waals surface area contributed by atoms with E-state index in [0.29, 0.717) is 17.6 Å². The lowest BCUT2D eigenvalue weighted by Crippen LogP contribution is -2.50. The third kappa shape index (κ3) is 3.01. The van der Waals surface area contributed by atoms with E-state index < -0.39 is 11.0 Å². The molecule has 0 radical (unpaired) electrons. The lowest BCUT2D eigenvalue weighted by molar-refractivity contribution is -0.385. The fourth-order valence-electron chi connectivity index (χ4n) is 4.00. The number of nitro benzene ring substituents is 1. The average molecular weight is 319 g/mol. The Hall–Kier alpha value is -2.15. The van der Waals surface area contributed by atoms with Crippen LogP contribution in [0.4, 0.5) is 10.5 Å². The third-order valence-corrected chi connectivity index (χ3v) is 5.29. The van der Waals surface area contributed by atoms with Gasteiger partial charge in [-0.2, -0.15) is 0 Å². The van der Waals surface area contributed by atoms with Crippen molar-refractivity contribution in [3.63, 3.8) is 0 Å². The van der Waals surface area contributed by atoms with Crippen molar-refractivity contribution in [2.24, 2.45) is 0 Å². The normalized spacial score (nSPS) is 26.9. The van der Waals surface area contributed by atoms with Gasteiger partial charge in [-0.3, -0.25) is 10.1 Å². The molecule has 1 amide bonds. The summed E-state index contributed by atoms with van der Waals surface area (Å²) in [6.07, 6.45) is 2.82. The van der Waals surface area contributed by atoms with Crippen molar-refractivity contribution in [3.05, 3.63) is 39.9 Å². The Morgan fingerprint density at radius 2 is 1.96 bits per heavy atom. The van der Waals surface area contributed by atoms with Crippen molar-refractivity contribution in [3.8, 4) is 0 Å². The number of fused-ring (bicyclic) bond motifs is 2. The summed E-state index contributed by atoms with van der Waals surface area (Å²) >= 11 is 0. The second-order valence-electron chi connectivity index (χ2n) is 6.47. The highest BCUT2D eigenvalue weighted by atomic mass is 16.6. The molecule has 0 aliphatic carbocycles. The molecule has 2 heterocycles. The average Bonchev–Trinajstić information content (AvgIpc) is 2.74. The number of piperidine rings is 1. The van der Waals surface area contributed by atoms with E-state index in [-0.39, 0.29) is 18.3 Å². The zero-order valence-electron chi connectivity index (χ0n) is 13.1. The Kier molecular flexibility index (Phi) is 4.21. The topological polar surface area (TPSA) is 86.9 Å². The molecule has 23 heavy (non-hydrogen) atoms. The third-order valence-electron chi connectivity index (χ3n) is 5.29. The van der Waals surface area contributed by atoms with Crippen LogP contribution in [0.1, 0.15) is 31.2 Å². The molecule has 0 spiro atoms. The number of rotatable bonds is 4. The van der Waals surface area contributed by atoms with E-state index in [1.165, 1.54) is 11.0 Å². The zero-order valence-corrected chi connectivity index (χ0v) is 13.1. The predicted octanol–water partition coefficient (Wildman–Crippen LogP) is 2.70. The predicted molar refractivity (Wildman–Crippen MR) is 84.3 cm³/mol. The van der Waals surface area contributed by atoms with E-state index in [1.54, 1.807) is 18.2 Å². The molecule has 3 rings (SSSR count). The number of benzene rings is 1. The Morgan fingerprint density at radius 3 is 2.52 bits per heavy atom. The van der Waals surface area contributed by atoms with Crippen LogP contribution in [0.5, 0.6) is 0 Å². The van der Waals surface area contributed by atoms with Crippen LogP contribution in [0.15, 0.2) is 24.3 Å². The van der Waals surface area contributed by atoms with Crippen molar-refractivity contribution in [1.82, 2.24) is 9.80 Å². The van der Waals surface area contributed by atoms with E-state index in [1.807, 2.05) is 0 Å². The molecule has 0 saturated carbocycles. The first kappa shape index (κ1) is 15.7. The number of carboxylic acid groups (broad SMARTS) is 1. The Morgan fingerprint density at radius 1 is 1.35 bits per heavy atom. The standard InChI is InChI=1S/C16H21N3O4/c1-17-12-6-7-13(17)9-14(8-12)18(16(20)21)10-11-4-2-3-5-15(11)19(22)23/h2-5,12-14H,6-10H2,1H3,(H,20,21). The molecule has 7 nitrogen and oxygen atoms in total. The molecule has 0 aromatic heterocycles.